The lowest BCUT2D eigenvalue weighted by atomic mass is 9.71. The Hall–Kier alpha value is -4.72. The van der Waals surface area contributed by atoms with Crippen molar-refractivity contribution < 1.29 is 28.5 Å². The molecule has 8 nitrogen and oxygen atoms in total. The normalized spacial score (nSPS) is 18.0. The summed E-state index contributed by atoms with van der Waals surface area (Å²) in [5.74, 6) is 1.66. The van der Waals surface area contributed by atoms with E-state index in [0.29, 0.717) is 59.2 Å². The molecule has 224 valence electrons. The number of hydrogen-bond acceptors (Lipinski definition) is 7. The molecule has 2 atom stereocenters. The third-order valence-corrected chi connectivity index (χ3v) is 7.99. The first-order valence-electron chi connectivity index (χ1n) is 14.5. The van der Waals surface area contributed by atoms with E-state index >= 15 is 0 Å². The maximum Gasteiger partial charge on any atom is 0.254 e. The van der Waals surface area contributed by atoms with Gasteiger partial charge >= 0.3 is 0 Å². The Kier molecular flexibility index (Phi) is 9.04. The second-order valence-corrected chi connectivity index (χ2v) is 10.7. The van der Waals surface area contributed by atoms with E-state index in [1.54, 1.807) is 33.5 Å². The molecule has 0 radical (unpaired) electrons. The van der Waals surface area contributed by atoms with E-state index < -0.39 is 5.92 Å². The number of benzene rings is 3. The number of nitrogens with one attached hydrogen (secondary N) is 2. The highest BCUT2D eigenvalue weighted by Crippen LogP contribution is 2.47. The van der Waals surface area contributed by atoms with Crippen LogP contribution < -0.4 is 29.6 Å². The zero-order valence-electron chi connectivity index (χ0n) is 25.3. The highest BCUT2D eigenvalue weighted by atomic mass is 16.5. The van der Waals surface area contributed by atoms with E-state index in [9.17, 15) is 9.59 Å². The van der Waals surface area contributed by atoms with E-state index in [4.69, 9.17) is 18.9 Å². The lowest BCUT2D eigenvalue weighted by Gasteiger charge is -2.37. The summed E-state index contributed by atoms with van der Waals surface area (Å²) >= 11 is 0. The van der Waals surface area contributed by atoms with Crippen molar-refractivity contribution in [3.63, 3.8) is 0 Å². The molecule has 5 rings (SSSR count). The van der Waals surface area contributed by atoms with Crippen molar-refractivity contribution in [1.29, 1.82) is 0 Å². The minimum absolute atomic E-state index is 0.0000592. The molecule has 1 amide bonds. The van der Waals surface area contributed by atoms with Gasteiger partial charge in [-0.3, -0.25) is 9.59 Å². The number of rotatable bonds is 10. The largest absolute Gasteiger partial charge is 0.495 e. The fourth-order valence-corrected chi connectivity index (χ4v) is 5.93. The Balaban J connectivity index is 1.54. The maximum atomic E-state index is 14.1. The van der Waals surface area contributed by atoms with Crippen LogP contribution in [0, 0.1) is 0 Å². The van der Waals surface area contributed by atoms with E-state index in [-0.39, 0.29) is 17.6 Å². The van der Waals surface area contributed by atoms with Crippen LogP contribution in [0.25, 0.3) is 0 Å². The molecule has 0 bridgehead atoms. The Morgan fingerprint density at radius 3 is 2.28 bits per heavy atom. The van der Waals surface area contributed by atoms with Gasteiger partial charge in [-0.15, -0.1) is 0 Å². The van der Waals surface area contributed by atoms with Crippen molar-refractivity contribution >= 4 is 17.4 Å². The minimum Gasteiger partial charge on any atom is -0.495 e. The zero-order valence-corrected chi connectivity index (χ0v) is 25.3. The lowest BCUT2D eigenvalue weighted by molar-refractivity contribution is -0.116. The van der Waals surface area contributed by atoms with Gasteiger partial charge in [0.1, 0.15) is 11.5 Å². The van der Waals surface area contributed by atoms with E-state index in [0.717, 1.165) is 29.0 Å². The number of carbonyl (C=O) groups is 2. The number of carbonyl (C=O) groups excluding carboxylic acids is 2. The fourth-order valence-electron chi connectivity index (χ4n) is 5.93. The summed E-state index contributed by atoms with van der Waals surface area (Å²) in [5.41, 5.74) is 5.04. The topological polar surface area (TPSA) is 95.1 Å². The van der Waals surface area contributed by atoms with Crippen molar-refractivity contribution in [2.45, 2.75) is 44.9 Å². The number of hydrogen-bond donors (Lipinski definition) is 2. The number of ketones is 1. The van der Waals surface area contributed by atoms with Crippen LogP contribution in [-0.4, -0.2) is 39.6 Å². The SMILES string of the molecule is CCCOc1ccc(C2C(C(=O)Nc3ccccc3OC)=C(C)NC3=C2C(=O)CC(c2ccc(OC)c(OC)c2)C3)cc1. The number of methoxy groups -OCH3 is 3. The molecule has 0 saturated heterocycles. The van der Waals surface area contributed by atoms with E-state index in [2.05, 4.69) is 17.6 Å². The molecule has 1 aliphatic heterocycles. The fraction of sp³-hybridized carbons (Fsp3) is 0.314. The summed E-state index contributed by atoms with van der Waals surface area (Å²) in [5, 5.41) is 6.47. The van der Waals surface area contributed by atoms with Gasteiger partial charge in [0.15, 0.2) is 17.3 Å². The molecule has 0 aromatic heterocycles. The molecule has 0 fully saturated rings. The van der Waals surface area contributed by atoms with Crippen LogP contribution in [0.2, 0.25) is 0 Å². The molecule has 43 heavy (non-hydrogen) atoms. The maximum absolute atomic E-state index is 14.1. The van der Waals surface area contributed by atoms with Crippen LogP contribution in [0.5, 0.6) is 23.0 Å². The molecule has 3 aromatic carbocycles. The van der Waals surface area contributed by atoms with Crippen LogP contribution in [0.3, 0.4) is 0 Å². The van der Waals surface area contributed by atoms with Gasteiger partial charge in [-0.2, -0.15) is 0 Å². The minimum atomic E-state index is -0.551. The van der Waals surface area contributed by atoms with Gasteiger partial charge < -0.3 is 29.6 Å². The van der Waals surface area contributed by atoms with Crippen molar-refractivity contribution in [3.05, 3.63) is 100 Å². The zero-order chi connectivity index (χ0) is 30.5. The molecule has 2 aliphatic rings. The lowest BCUT2D eigenvalue weighted by Crippen LogP contribution is -2.37. The first-order chi connectivity index (χ1) is 20.9. The Morgan fingerprint density at radius 1 is 0.884 bits per heavy atom. The molecule has 0 saturated carbocycles. The number of allylic oxidation sites excluding steroid dienone is 3. The molecular weight excluding hydrogens is 544 g/mol. The van der Waals surface area contributed by atoms with Crippen LogP contribution in [0.4, 0.5) is 5.69 Å². The van der Waals surface area contributed by atoms with Crippen molar-refractivity contribution in [2.24, 2.45) is 0 Å². The Bertz CT molecular complexity index is 1570. The first-order valence-corrected chi connectivity index (χ1v) is 14.5. The summed E-state index contributed by atoms with van der Waals surface area (Å²) < 4.78 is 22.2. The standard InChI is InChI=1S/C35H38N2O6/c1-6-17-43-25-14-11-22(12-15-25)33-32(35(39)37-26-9-7-8-10-29(26)40-3)21(2)36-27-18-24(19-28(38)34(27)33)23-13-16-30(41-4)31(20-23)42-5/h7-16,20,24,33,36H,6,17-19H2,1-5H3,(H,37,39). The molecule has 3 aromatic rings. The molecule has 0 spiro atoms. The predicted molar refractivity (Wildman–Crippen MR) is 166 cm³/mol. The summed E-state index contributed by atoms with van der Waals surface area (Å²) in [6.45, 7) is 4.56. The van der Waals surface area contributed by atoms with E-state index in [1.165, 1.54) is 0 Å². The highest BCUT2D eigenvalue weighted by Gasteiger charge is 2.41. The smallest absolute Gasteiger partial charge is 0.254 e. The summed E-state index contributed by atoms with van der Waals surface area (Å²) in [7, 11) is 4.77. The van der Waals surface area contributed by atoms with Crippen LogP contribution in [0.1, 0.15) is 56.1 Å². The van der Waals surface area contributed by atoms with Crippen molar-refractivity contribution in [3.8, 4) is 23.0 Å². The van der Waals surface area contributed by atoms with Gasteiger partial charge in [0.05, 0.1) is 33.6 Å². The number of Topliss-reactive ketones (excluding diaryl/α,β-unsaturated/α-hetero) is 1. The number of anilines is 1. The molecule has 8 heteroatoms. The van der Waals surface area contributed by atoms with Gasteiger partial charge in [0.25, 0.3) is 5.91 Å². The first kappa shape index (κ1) is 29.8. The second-order valence-electron chi connectivity index (χ2n) is 10.7. The molecule has 1 aliphatic carbocycles. The molecule has 2 N–H and O–H groups in total. The molecular formula is C35H38N2O6. The Morgan fingerprint density at radius 2 is 1.58 bits per heavy atom. The quantitative estimate of drug-likeness (QED) is 0.282. The van der Waals surface area contributed by atoms with Crippen molar-refractivity contribution in [1.82, 2.24) is 5.32 Å². The summed E-state index contributed by atoms with van der Waals surface area (Å²) in [6.07, 6.45) is 1.82. The van der Waals surface area contributed by atoms with Gasteiger partial charge in [-0.05, 0) is 73.2 Å². The second kappa shape index (κ2) is 13.1. The van der Waals surface area contributed by atoms with Gasteiger partial charge in [-0.1, -0.05) is 37.3 Å². The van der Waals surface area contributed by atoms with Gasteiger partial charge in [-0.25, -0.2) is 0 Å². The van der Waals surface area contributed by atoms with Crippen LogP contribution >= 0.6 is 0 Å². The van der Waals surface area contributed by atoms with Crippen LogP contribution in [0.15, 0.2) is 89.3 Å². The number of dihydropyridines is 1. The summed E-state index contributed by atoms with van der Waals surface area (Å²) in [4.78, 5) is 28.0. The highest BCUT2D eigenvalue weighted by molar-refractivity contribution is 6.10. The average molecular weight is 583 g/mol. The predicted octanol–water partition coefficient (Wildman–Crippen LogP) is 6.50. The number of para-hydroxylation sites is 2. The summed E-state index contributed by atoms with van der Waals surface area (Å²) in [6, 6.07) is 20.8. The molecule has 2 unspecified atom stereocenters. The van der Waals surface area contributed by atoms with E-state index in [1.807, 2.05) is 61.5 Å². The van der Waals surface area contributed by atoms with Gasteiger partial charge in [0, 0.05) is 34.9 Å². The Labute approximate surface area is 252 Å². The molecule has 1 heterocycles. The van der Waals surface area contributed by atoms with Gasteiger partial charge in [0.2, 0.25) is 0 Å². The van der Waals surface area contributed by atoms with Crippen molar-refractivity contribution in [2.75, 3.05) is 33.3 Å². The third-order valence-electron chi connectivity index (χ3n) is 7.99. The average Bonchev–Trinajstić information content (AvgIpc) is 3.03. The number of amides is 1. The monoisotopic (exact) mass is 582 g/mol. The third kappa shape index (κ3) is 6.09. The number of ether oxygens (including phenoxy) is 4. The van der Waals surface area contributed by atoms with Crippen LogP contribution in [-0.2, 0) is 9.59 Å².